The van der Waals surface area contributed by atoms with Crippen LogP contribution in [-0.4, -0.2) is 24.3 Å². The van der Waals surface area contributed by atoms with Crippen molar-refractivity contribution in [2.24, 2.45) is 11.8 Å². The molecule has 1 fully saturated rings. The summed E-state index contributed by atoms with van der Waals surface area (Å²) in [5, 5.41) is 9.85. The van der Waals surface area contributed by atoms with Crippen molar-refractivity contribution in [2.75, 3.05) is 7.11 Å². The van der Waals surface area contributed by atoms with Crippen LogP contribution in [0.25, 0.3) is 0 Å². The fraction of sp³-hybridized carbons (Fsp3) is 0.923. The molecule has 0 bridgehead atoms. The van der Waals surface area contributed by atoms with Crippen LogP contribution in [0, 0.1) is 11.8 Å². The number of aliphatic hydroxyl groups is 1. The molecule has 0 aliphatic heterocycles. The summed E-state index contributed by atoms with van der Waals surface area (Å²) in [4.78, 5) is 11.5. The number of hydrogen-bond donors (Lipinski definition) is 1. The Bertz CT molecular complexity index is 215. The Hall–Kier alpha value is -0.570. The number of aliphatic hydroxyl groups excluding tert-OH is 1. The quantitative estimate of drug-likeness (QED) is 0.561. The molecule has 0 heterocycles. The average molecular weight is 228 g/mol. The Morgan fingerprint density at radius 2 is 2.06 bits per heavy atom. The van der Waals surface area contributed by atoms with Crippen LogP contribution in [0.3, 0.4) is 0 Å². The van der Waals surface area contributed by atoms with E-state index in [0.29, 0.717) is 0 Å². The number of hydrogen-bond acceptors (Lipinski definition) is 3. The van der Waals surface area contributed by atoms with Crippen molar-refractivity contribution < 1.29 is 14.6 Å². The summed E-state index contributed by atoms with van der Waals surface area (Å²) >= 11 is 0. The second kappa shape index (κ2) is 6.89. The van der Waals surface area contributed by atoms with E-state index in [0.717, 1.165) is 25.7 Å². The number of unbranched alkanes of at least 4 members (excludes halogenated alkanes) is 3. The molecule has 1 rings (SSSR count). The van der Waals surface area contributed by atoms with Crippen LogP contribution in [0.5, 0.6) is 0 Å². The van der Waals surface area contributed by atoms with E-state index >= 15 is 0 Å². The predicted molar refractivity (Wildman–Crippen MR) is 63.0 cm³/mol. The van der Waals surface area contributed by atoms with E-state index in [-0.39, 0.29) is 23.9 Å². The van der Waals surface area contributed by atoms with Crippen LogP contribution >= 0.6 is 0 Å². The van der Waals surface area contributed by atoms with Crippen LogP contribution in [0.15, 0.2) is 0 Å². The highest BCUT2D eigenvalue weighted by Crippen LogP contribution is 2.36. The zero-order chi connectivity index (χ0) is 12.0. The van der Waals surface area contributed by atoms with Crippen molar-refractivity contribution in [2.45, 2.75) is 58.0 Å². The summed E-state index contributed by atoms with van der Waals surface area (Å²) in [7, 11) is 1.43. The third-order valence-electron chi connectivity index (χ3n) is 3.68. The second-order valence-electron chi connectivity index (χ2n) is 4.79. The zero-order valence-corrected chi connectivity index (χ0v) is 10.4. The van der Waals surface area contributed by atoms with Gasteiger partial charge in [0.25, 0.3) is 0 Å². The minimum Gasteiger partial charge on any atom is -0.469 e. The number of rotatable bonds is 6. The highest BCUT2D eigenvalue weighted by molar-refractivity contribution is 5.73. The molecule has 0 aromatic heterocycles. The molecule has 0 radical (unpaired) electrons. The van der Waals surface area contributed by atoms with Crippen LogP contribution in [-0.2, 0) is 9.53 Å². The summed E-state index contributed by atoms with van der Waals surface area (Å²) in [6.45, 7) is 2.18. The summed E-state index contributed by atoms with van der Waals surface area (Å²) < 4.78 is 4.79. The van der Waals surface area contributed by atoms with Gasteiger partial charge in [0.1, 0.15) is 0 Å². The minimum atomic E-state index is -0.300. The van der Waals surface area contributed by atoms with E-state index in [9.17, 15) is 9.90 Å². The van der Waals surface area contributed by atoms with Gasteiger partial charge < -0.3 is 9.84 Å². The standard InChI is InChI=1S/C13H24O3/c1-3-4-5-6-7-10-11(13(15)16-2)8-9-12(10)14/h10-12,14H,3-9H2,1-2H3. The monoisotopic (exact) mass is 228 g/mol. The molecule has 0 spiro atoms. The molecule has 94 valence electrons. The molecule has 1 saturated carbocycles. The first-order valence-corrected chi connectivity index (χ1v) is 6.46. The Balaban J connectivity index is 2.37. The van der Waals surface area contributed by atoms with Gasteiger partial charge >= 0.3 is 5.97 Å². The fourth-order valence-corrected chi connectivity index (χ4v) is 2.69. The highest BCUT2D eigenvalue weighted by Gasteiger charge is 2.39. The maximum atomic E-state index is 11.5. The summed E-state index contributed by atoms with van der Waals surface area (Å²) in [6, 6.07) is 0. The van der Waals surface area contributed by atoms with E-state index in [1.165, 1.54) is 26.4 Å². The van der Waals surface area contributed by atoms with Gasteiger partial charge in [-0.05, 0) is 25.2 Å². The molecule has 1 aliphatic carbocycles. The SMILES string of the molecule is CCCCCCC1C(O)CCC1C(=O)OC. The molecule has 1 aliphatic rings. The van der Waals surface area contributed by atoms with E-state index < -0.39 is 0 Å². The van der Waals surface area contributed by atoms with Crippen LogP contribution < -0.4 is 0 Å². The van der Waals surface area contributed by atoms with Gasteiger partial charge in [-0.3, -0.25) is 4.79 Å². The first-order chi connectivity index (χ1) is 7.70. The molecule has 0 aromatic carbocycles. The normalized spacial score (nSPS) is 29.3. The van der Waals surface area contributed by atoms with Gasteiger partial charge in [0, 0.05) is 0 Å². The number of methoxy groups -OCH3 is 1. The molecule has 3 nitrogen and oxygen atoms in total. The van der Waals surface area contributed by atoms with Gasteiger partial charge in [-0.15, -0.1) is 0 Å². The van der Waals surface area contributed by atoms with Gasteiger partial charge in [-0.2, -0.15) is 0 Å². The van der Waals surface area contributed by atoms with Gasteiger partial charge in [-0.25, -0.2) is 0 Å². The lowest BCUT2D eigenvalue weighted by atomic mass is 9.89. The lowest BCUT2D eigenvalue weighted by Crippen LogP contribution is -2.25. The van der Waals surface area contributed by atoms with Crippen molar-refractivity contribution in [3.05, 3.63) is 0 Å². The Labute approximate surface area is 98.2 Å². The molecule has 3 heteroatoms. The Kier molecular flexibility index (Phi) is 5.81. The van der Waals surface area contributed by atoms with Crippen molar-refractivity contribution in [1.29, 1.82) is 0 Å². The van der Waals surface area contributed by atoms with E-state index in [4.69, 9.17) is 4.74 Å². The molecule has 0 amide bonds. The Morgan fingerprint density at radius 1 is 1.31 bits per heavy atom. The molecule has 16 heavy (non-hydrogen) atoms. The lowest BCUT2D eigenvalue weighted by molar-refractivity contribution is -0.147. The van der Waals surface area contributed by atoms with Crippen LogP contribution in [0.2, 0.25) is 0 Å². The maximum absolute atomic E-state index is 11.5. The van der Waals surface area contributed by atoms with Gasteiger partial charge in [0.15, 0.2) is 0 Å². The fourth-order valence-electron chi connectivity index (χ4n) is 2.69. The Morgan fingerprint density at radius 3 is 2.69 bits per heavy atom. The topological polar surface area (TPSA) is 46.5 Å². The van der Waals surface area contributed by atoms with Crippen LogP contribution in [0.1, 0.15) is 51.9 Å². The molecule has 0 aromatic rings. The van der Waals surface area contributed by atoms with E-state index in [1.54, 1.807) is 0 Å². The van der Waals surface area contributed by atoms with Crippen molar-refractivity contribution >= 4 is 5.97 Å². The van der Waals surface area contributed by atoms with E-state index in [1.807, 2.05) is 0 Å². The van der Waals surface area contributed by atoms with Gasteiger partial charge in [0.05, 0.1) is 19.1 Å². The average Bonchev–Trinajstić information content (AvgIpc) is 2.65. The molecular formula is C13H24O3. The predicted octanol–water partition coefficient (Wildman–Crippen LogP) is 2.52. The summed E-state index contributed by atoms with van der Waals surface area (Å²) in [5.41, 5.74) is 0. The number of carbonyl (C=O) groups excluding carboxylic acids is 1. The third-order valence-corrected chi connectivity index (χ3v) is 3.68. The van der Waals surface area contributed by atoms with Gasteiger partial charge in [-0.1, -0.05) is 32.6 Å². The number of esters is 1. The number of carbonyl (C=O) groups is 1. The highest BCUT2D eigenvalue weighted by atomic mass is 16.5. The van der Waals surface area contributed by atoms with E-state index in [2.05, 4.69) is 6.92 Å². The van der Waals surface area contributed by atoms with Gasteiger partial charge in [0.2, 0.25) is 0 Å². The first kappa shape index (κ1) is 13.5. The minimum absolute atomic E-state index is 0.0679. The molecule has 0 saturated heterocycles. The first-order valence-electron chi connectivity index (χ1n) is 6.46. The van der Waals surface area contributed by atoms with Crippen LogP contribution in [0.4, 0.5) is 0 Å². The molecule has 3 unspecified atom stereocenters. The van der Waals surface area contributed by atoms with Crippen molar-refractivity contribution in [3.8, 4) is 0 Å². The number of ether oxygens (including phenoxy) is 1. The maximum Gasteiger partial charge on any atom is 0.309 e. The van der Waals surface area contributed by atoms with Crippen molar-refractivity contribution in [1.82, 2.24) is 0 Å². The second-order valence-corrected chi connectivity index (χ2v) is 4.79. The largest absolute Gasteiger partial charge is 0.469 e. The summed E-state index contributed by atoms with van der Waals surface area (Å²) in [5.74, 6) is -0.0806. The third kappa shape index (κ3) is 3.48. The lowest BCUT2D eigenvalue weighted by Gasteiger charge is -2.20. The summed E-state index contributed by atoms with van der Waals surface area (Å²) in [6.07, 6.45) is 6.97. The molecule has 1 N–H and O–H groups in total. The molecular weight excluding hydrogens is 204 g/mol. The zero-order valence-electron chi connectivity index (χ0n) is 10.4. The van der Waals surface area contributed by atoms with Crippen molar-refractivity contribution in [3.63, 3.8) is 0 Å². The smallest absolute Gasteiger partial charge is 0.309 e. The molecule has 3 atom stereocenters.